The summed E-state index contributed by atoms with van der Waals surface area (Å²) < 4.78 is 0. The molecule has 98 valence electrons. The fraction of sp³-hybridized carbons (Fsp3) is 0.833. The molecule has 0 aromatic heterocycles. The number of nitrogens with one attached hydrogen (secondary N) is 1. The van der Waals surface area contributed by atoms with Crippen LogP contribution in [0.3, 0.4) is 0 Å². The van der Waals surface area contributed by atoms with Crippen LogP contribution in [0.15, 0.2) is 5.16 Å². The molecule has 0 aliphatic heterocycles. The molecule has 1 aliphatic carbocycles. The fourth-order valence-electron chi connectivity index (χ4n) is 2.23. The largest absolute Gasteiger partial charge is 0.409 e. The third-order valence-corrected chi connectivity index (χ3v) is 3.90. The lowest BCUT2D eigenvalue weighted by Gasteiger charge is -2.33. The predicted octanol–water partition coefficient (Wildman–Crippen LogP) is 1.31. The second-order valence-corrected chi connectivity index (χ2v) is 5.22. The lowest BCUT2D eigenvalue weighted by atomic mass is 9.79. The van der Waals surface area contributed by atoms with Gasteiger partial charge in [-0.1, -0.05) is 19.0 Å². The third-order valence-electron chi connectivity index (χ3n) is 3.90. The van der Waals surface area contributed by atoms with Crippen molar-refractivity contribution < 1.29 is 10.0 Å². The standard InChI is InChI=1S/C12H23N3O2/c1-7-4-5-10(6-8(7)2)14-12(16)9(3)11(13)15-17/h7-10,17H,4-6H2,1-3H3,(H2,13,15)(H,14,16). The Bertz CT molecular complexity index is 304. The molecule has 0 radical (unpaired) electrons. The molecule has 1 aliphatic rings. The molecule has 5 nitrogen and oxygen atoms in total. The molecule has 0 heterocycles. The van der Waals surface area contributed by atoms with Gasteiger partial charge in [0, 0.05) is 6.04 Å². The molecule has 0 saturated heterocycles. The van der Waals surface area contributed by atoms with E-state index in [0.717, 1.165) is 25.2 Å². The van der Waals surface area contributed by atoms with Gasteiger partial charge in [0.1, 0.15) is 0 Å². The topological polar surface area (TPSA) is 87.7 Å². The van der Waals surface area contributed by atoms with Crippen molar-refractivity contribution in [1.29, 1.82) is 0 Å². The van der Waals surface area contributed by atoms with E-state index in [2.05, 4.69) is 24.3 Å². The van der Waals surface area contributed by atoms with Gasteiger partial charge in [-0.15, -0.1) is 0 Å². The van der Waals surface area contributed by atoms with Crippen molar-refractivity contribution in [3.8, 4) is 0 Å². The summed E-state index contributed by atoms with van der Waals surface area (Å²) in [5.74, 6) is 0.583. The smallest absolute Gasteiger partial charge is 0.230 e. The number of carbonyl (C=O) groups is 1. The highest BCUT2D eigenvalue weighted by Crippen LogP contribution is 2.29. The van der Waals surface area contributed by atoms with Gasteiger partial charge in [0.2, 0.25) is 5.91 Å². The van der Waals surface area contributed by atoms with Crippen LogP contribution < -0.4 is 11.1 Å². The highest BCUT2D eigenvalue weighted by atomic mass is 16.4. The number of carbonyl (C=O) groups excluding carboxylic acids is 1. The maximum atomic E-state index is 11.8. The van der Waals surface area contributed by atoms with Gasteiger partial charge in [-0.3, -0.25) is 4.79 Å². The number of nitrogens with zero attached hydrogens (tertiary/aromatic N) is 1. The predicted molar refractivity (Wildman–Crippen MR) is 66.7 cm³/mol. The Morgan fingerprint density at radius 2 is 2.06 bits per heavy atom. The zero-order chi connectivity index (χ0) is 13.0. The fourth-order valence-corrected chi connectivity index (χ4v) is 2.23. The van der Waals surface area contributed by atoms with E-state index < -0.39 is 5.92 Å². The van der Waals surface area contributed by atoms with Crippen LogP contribution in [0.25, 0.3) is 0 Å². The number of amides is 1. The Labute approximate surface area is 102 Å². The van der Waals surface area contributed by atoms with Crippen LogP contribution in [-0.4, -0.2) is 23.0 Å². The molecule has 0 aromatic rings. The highest BCUT2D eigenvalue weighted by molar-refractivity contribution is 6.01. The van der Waals surface area contributed by atoms with Crippen LogP contribution in [0.2, 0.25) is 0 Å². The summed E-state index contributed by atoms with van der Waals surface area (Å²) in [5.41, 5.74) is 5.41. The van der Waals surface area contributed by atoms with E-state index in [9.17, 15) is 4.79 Å². The number of amidine groups is 1. The van der Waals surface area contributed by atoms with Crippen molar-refractivity contribution in [3.63, 3.8) is 0 Å². The van der Waals surface area contributed by atoms with Gasteiger partial charge in [-0.25, -0.2) is 0 Å². The quantitative estimate of drug-likeness (QED) is 0.301. The molecule has 4 N–H and O–H groups in total. The Hall–Kier alpha value is -1.26. The van der Waals surface area contributed by atoms with Crippen LogP contribution in [0.5, 0.6) is 0 Å². The maximum Gasteiger partial charge on any atom is 0.230 e. The van der Waals surface area contributed by atoms with Crippen molar-refractivity contribution in [3.05, 3.63) is 0 Å². The summed E-state index contributed by atoms with van der Waals surface area (Å²) in [5, 5.41) is 14.4. The minimum Gasteiger partial charge on any atom is -0.409 e. The Kier molecular flexibility index (Phi) is 4.78. The molecular weight excluding hydrogens is 218 g/mol. The Morgan fingerprint density at radius 3 is 2.59 bits per heavy atom. The van der Waals surface area contributed by atoms with Crippen molar-refractivity contribution in [1.82, 2.24) is 5.32 Å². The van der Waals surface area contributed by atoms with Gasteiger partial charge in [0.25, 0.3) is 0 Å². The van der Waals surface area contributed by atoms with Crippen molar-refractivity contribution in [2.45, 2.75) is 46.1 Å². The van der Waals surface area contributed by atoms with Gasteiger partial charge in [-0.2, -0.15) is 0 Å². The summed E-state index contributed by atoms with van der Waals surface area (Å²) in [6.45, 7) is 6.11. The summed E-state index contributed by atoms with van der Waals surface area (Å²) >= 11 is 0. The van der Waals surface area contributed by atoms with Gasteiger partial charge in [0.15, 0.2) is 5.84 Å². The summed E-state index contributed by atoms with van der Waals surface area (Å²) in [4.78, 5) is 11.8. The van der Waals surface area contributed by atoms with E-state index in [4.69, 9.17) is 10.9 Å². The average Bonchev–Trinajstić information content (AvgIpc) is 2.31. The van der Waals surface area contributed by atoms with E-state index in [-0.39, 0.29) is 17.8 Å². The minimum absolute atomic E-state index is 0.0419. The molecule has 4 atom stereocenters. The van der Waals surface area contributed by atoms with E-state index >= 15 is 0 Å². The first-order chi connectivity index (χ1) is 7.95. The normalized spacial score (nSPS) is 31.9. The highest BCUT2D eigenvalue weighted by Gasteiger charge is 2.27. The van der Waals surface area contributed by atoms with Gasteiger partial charge < -0.3 is 16.3 Å². The van der Waals surface area contributed by atoms with E-state index in [1.165, 1.54) is 0 Å². The number of rotatable bonds is 3. The first kappa shape index (κ1) is 13.8. The van der Waals surface area contributed by atoms with Gasteiger partial charge >= 0.3 is 0 Å². The molecule has 5 heteroatoms. The SMILES string of the molecule is CC(C(=O)NC1CCC(C)C(C)C1)/C(N)=N/O. The number of nitrogens with two attached hydrogens (primary N) is 1. The molecule has 0 spiro atoms. The molecule has 1 fully saturated rings. The monoisotopic (exact) mass is 241 g/mol. The second kappa shape index (κ2) is 5.89. The molecule has 1 saturated carbocycles. The van der Waals surface area contributed by atoms with E-state index in [0.29, 0.717) is 5.92 Å². The summed E-state index contributed by atoms with van der Waals surface area (Å²) in [7, 11) is 0. The second-order valence-electron chi connectivity index (χ2n) is 5.22. The lowest BCUT2D eigenvalue weighted by molar-refractivity contribution is -0.123. The Balaban J connectivity index is 2.47. The Morgan fingerprint density at radius 1 is 1.41 bits per heavy atom. The van der Waals surface area contributed by atoms with Crippen LogP contribution in [0, 0.1) is 17.8 Å². The van der Waals surface area contributed by atoms with Gasteiger partial charge in [0.05, 0.1) is 5.92 Å². The molecule has 1 rings (SSSR count). The van der Waals surface area contributed by atoms with Crippen LogP contribution in [-0.2, 0) is 4.79 Å². The van der Waals surface area contributed by atoms with Crippen LogP contribution >= 0.6 is 0 Å². The van der Waals surface area contributed by atoms with Crippen LogP contribution in [0.4, 0.5) is 0 Å². The van der Waals surface area contributed by atoms with Crippen LogP contribution in [0.1, 0.15) is 40.0 Å². The zero-order valence-corrected chi connectivity index (χ0v) is 10.8. The molecule has 0 aromatic carbocycles. The molecule has 4 unspecified atom stereocenters. The lowest BCUT2D eigenvalue weighted by Crippen LogP contribution is -2.45. The van der Waals surface area contributed by atoms with Crippen molar-refractivity contribution >= 4 is 11.7 Å². The number of hydrogen-bond donors (Lipinski definition) is 3. The molecule has 0 bridgehead atoms. The first-order valence-electron chi connectivity index (χ1n) is 6.23. The van der Waals surface area contributed by atoms with E-state index in [1.807, 2.05) is 0 Å². The number of oxime groups is 1. The third kappa shape index (κ3) is 3.61. The van der Waals surface area contributed by atoms with Gasteiger partial charge in [-0.05, 0) is 38.0 Å². The summed E-state index contributed by atoms with van der Waals surface area (Å²) in [6, 6.07) is 0.225. The first-order valence-corrected chi connectivity index (χ1v) is 6.23. The molecule has 17 heavy (non-hydrogen) atoms. The van der Waals surface area contributed by atoms with E-state index in [1.54, 1.807) is 6.92 Å². The minimum atomic E-state index is -0.574. The maximum absolute atomic E-state index is 11.8. The number of hydrogen-bond acceptors (Lipinski definition) is 3. The summed E-state index contributed by atoms with van der Waals surface area (Å²) in [6.07, 6.45) is 3.17. The van der Waals surface area contributed by atoms with Crippen molar-refractivity contribution in [2.75, 3.05) is 0 Å². The molecular formula is C12H23N3O2. The zero-order valence-electron chi connectivity index (χ0n) is 10.8. The van der Waals surface area contributed by atoms with Crippen molar-refractivity contribution in [2.24, 2.45) is 28.6 Å². The average molecular weight is 241 g/mol. The molecule has 1 amide bonds.